The minimum atomic E-state index is -4.46. The van der Waals surface area contributed by atoms with Crippen molar-refractivity contribution in [3.05, 3.63) is 64.9 Å². The number of fused-ring (bicyclic) bond motifs is 1. The largest absolute Gasteiger partial charge is 0.505 e. The van der Waals surface area contributed by atoms with Gasteiger partial charge in [-0.3, -0.25) is 14.6 Å². The number of carbonyl (C=O) groups excluding carboxylic acids is 1. The molecule has 3 rings (SSSR count). The average molecular weight is 433 g/mol. The lowest BCUT2D eigenvalue weighted by Crippen LogP contribution is -2.38. The summed E-state index contributed by atoms with van der Waals surface area (Å²) in [5.74, 6) is -2.49. The van der Waals surface area contributed by atoms with Crippen LogP contribution in [0.4, 0.5) is 13.2 Å². The zero-order chi connectivity index (χ0) is 22.8. The number of benzene rings is 2. The van der Waals surface area contributed by atoms with Crippen LogP contribution in [-0.4, -0.2) is 39.9 Å². The quantitative estimate of drug-likeness (QED) is 0.625. The first-order valence-electron chi connectivity index (χ1n) is 9.12. The van der Waals surface area contributed by atoms with Gasteiger partial charge in [0.25, 0.3) is 5.91 Å². The van der Waals surface area contributed by atoms with Crippen LogP contribution >= 0.6 is 0 Å². The summed E-state index contributed by atoms with van der Waals surface area (Å²) in [5, 5.41) is 27.0. The summed E-state index contributed by atoms with van der Waals surface area (Å²) in [7, 11) is 0. The van der Waals surface area contributed by atoms with Crippen LogP contribution in [0.15, 0.2) is 53.3 Å². The number of aliphatic hydroxyl groups excluding tert-OH is 1. The second-order valence-corrected chi connectivity index (χ2v) is 6.61. The molecule has 1 aliphatic heterocycles. The second-order valence-electron chi connectivity index (χ2n) is 6.61. The van der Waals surface area contributed by atoms with Crippen molar-refractivity contribution in [3.63, 3.8) is 0 Å². The molecule has 0 fully saturated rings. The lowest BCUT2D eigenvalue weighted by molar-refractivity contribution is -0.138. The lowest BCUT2D eigenvalue weighted by atomic mass is 9.91. The Hall–Kier alpha value is -3.82. The van der Waals surface area contributed by atoms with Gasteiger partial charge in [0.1, 0.15) is 6.54 Å². The lowest BCUT2D eigenvalue weighted by Gasteiger charge is -2.29. The van der Waals surface area contributed by atoms with E-state index in [0.717, 1.165) is 12.1 Å². The topological polar surface area (TPSA) is 102 Å². The Bertz CT molecular complexity index is 1080. The first-order valence-corrected chi connectivity index (χ1v) is 9.12. The summed E-state index contributed by atoms with van der Waals surface area (Å²) in [6, 6.07) is 9.48. The molecule has 0 aliphatic carbocycles. The third-order valence-electron chi connectivity index (χ3n) is 4.61. The number of alkyl halides is 3. The third-order valence-corrected chi connectivity index (χ3v) is 4.61. The Kier molecular flexibility index (Phi) is 6.00. The smallest absolute Gasteiger partial charge is 0.416 e. The van der Waals surface area contributed by atoms with Crippen molar-refractivity contribution in [2.24, 2.45) is 5.10 Å². The van der Waals surface area contributed by atoms with Crippen LogP contribution in [0.5, 0.6) is 0 Å². The highest BCUT2D eigenvalue weighted by atomic mass is 19.4. The first-order chi connectivity index (χ1) is 14.6. The normalized spacial score (nSPS) is 14.0. The Balaban J connectivity index is 2.08. The van der Waals surface area contributed by atoms with Crippen LogP contribution in [-0.2, 0) is 22.3 Å². The number of carboxylic acids is 1. The van der Waals surface area contributed by atoms with Gasteiger partial charge in [0, 0.05) is 11.8 Å². The maximum absolute atomic E-state index is 12.9. The number of nitrogens with zero attached hydrogens (tertiary/aromatic N) is 2. The van der Waals surface area contributed by atoms with Gasteiger partial charge >= 0.3 is 12.1 Å². The van der Waals surface area contributed by atoms with Gasteiger partial charge in [-0.25, -0.2) is 0 Å². The van der Waals surface area contributed by atoms with Crippen molar-refractivity contribution in [2.75, 3.05) is 6.54 Å². The molecule has 0 saturated heterocycles. The first kappa shape index (κ1) is 21.9. The van der Waals surface area contributed by atoms with Crippen LogP contribution < -0.4 is 5.32 Å². The Morgan fingerprint density at radius 3 is 2.39 bits per heavy atom. The van der Waals surface area contributed by atoms with Gasteiger partial charge in [0.15, 0.2) is 11.5 Å². The molecular weight excluding hydrogens is 415 g/mol. The van der Waals surface area contributed by atoms with Crippen LogP contribution in [0.2, 0.25) is 0 Å². The number of aliphatic carboxylic acids is 1. The van der Waals surface area contributed by atoms with Gasteiger partial charge in [-0.05, 0) is 35.7 Å². The van der Waals surface area contributed by atoms with Crippen molar-refractivity contribution in [1.29, 1.82) is 0 Å². The van der Waals surface area contributed by atoms with Crippen molar-refractivity contribution in [2.45, 2.75) is 19.6 Å². The van der Waals surface area contributed by atoms with Gasteiger partial charge in [0.05, 0.1) is 12.1 Å². The van der Waals surface area contributed by atoms with Gasteiger partial charge in [-0.1, -0.05) is 30.3 Å². The number of rotatable bonds is 5. The molecule has 162 valence electrons. The van der Waals surface area contributed by atoms with E-state index in [-0.39, 0.29) is 12.2 Å². The summed E-state index contributed by atoms with van der Waals surface area (Å²) < 4.78 is 38.6. The molecule has 0 bridgehead atoms. The predicted molar refractivity (Wildman–Crippen MR) is 107 cm³/mol. The number of hydrogen-bond donors (Lipinski definition) is 3. The van der Waals surface area contributed by atoms with Crippen LogP contribution in [0, 0.1) is 0 Å². The molecule has 1 amide bonds. The molecule has 1 heterocycles. The fraction of sp³-hybridized carbons (Fsp3) is 0.190. The molecule has 0 spiro atoms. The summed E-state index contributed by atoms with van der Waals surface area (Å²) in [6.07, 6.45) is -3.07. The third kappa shape index (κ3) is 4.52. The zero-order valence-corrected chi connectivity index (χ0v) is 16.3. The molecule has 0 atom stereocenters. The fourth-order valence-electron chi connectivity index (χ4n) is 3.27. The number of halogens is 3. The van der Waals surface area contributed by atoms with Crippen molar-refractivity contribution in [3.8, 4) is 11.1 Å². The molecule has 0 unspecified atom stereocenters. The fourth-order valence-corrected chi connectivity index (χ4v) is 3.27. The number of nitrogens with one attached hydrogen (secondary N) is 1. The molecule has 31 heavy (non-hydrogen) atoms. The molecule has 0 aromatic heterocycles. The minimum Gasteiger partial charge on any atom is -0.505 e. The van der Waals surface area contributed by atoms with Gasteiger partial charge in [0.2, 0.25) is 0 Å². The van der Waals surface area contributed by atoms with Crippen LogP contribution in [0.3, 0.4) is 0 Å². The van der Waals surface area contributed by atoms with E-state index in [1.165, 1.54) is 23.4 Å². The summed E-state index contributed by atoms with van der Waals surface area (Å²) in [6.45, 7) is 0.996. The summed E-state index contributed by atoms with van der Waals surface area (Å²) in [5.41, 5.74) is 0.923. The SMILES string of the molecule is C/C=N\N1Cc2c(cccc2-c2ccc(C(F)(F)F)cc2)C(O)=C1C(=O)NCC(=O)O. The number of hydrogen-bond acceptors (Lipinski definition) is 5. The van der Waals surface area contributed by atoms with Crippen molar-refractivity contribution < 1.29 is 33.0 Å². The number of carbonyl (C=O) groups is 2. The summed E-state index contributed by atoms with van der Waals surface area (Å²) >= 11 is 0. The van der Waals surface area contributed by atoms with Gasteiger partial charge in [-0.15, -0.1) is 0 Å². The molecule has 2 aromatic carbocycles. The van der Waals surface area contributed by atoms with Gasteiger partial charge < -0.3 is 15.5 Å². The van der Waals surface area contributed by atoms with E-state index in [1.54, 1.807) is 25.1 Å². The Labute approximate surface area is 175 Å². The molecule has 2 aromatic rings. The van der Waals surface area contributed by atoms with Gasteiger partial charge in [-0.2, -0.15) is 18.3 Å². The standard InChI is InChI=1S/C21H18F3N3O4/c1-2-26-27-11-16-14(12-6-8-13(9-7-12)21(22,23)24)4-3-5-15(16)19(30)18(27)20(31)25-10-17(28)29/h2-9,30H,10-11H2,1H3,(H,25,31)(H,28,29)/b26-2-. The summed E-state index contributed by atoms with van der Waals surface area (Å²) in [4.78, 5) is 23.2. The number of aliphatic hydroxyl groups is 1. The molecule has 0 saturated carbocycles. The predicted octanol–water partition coefficient (Wildman–Crippen LogP) is 3.62. The van der Waals surface area contributed by atoms with E-state index in [0.29, 0.717) is 22.3 Å². The number of carboxylic acid groups (broad SMARTS) is 1. The van der Waals surface area contributed by atoms with E-state index >= 15 is 0 Å². The molecule has 7 nitrogen and oxygen atoms in total. The Morgan fingerprint density at radius 2 is 1.81 bits per heavy atom. The number of amides is 1. The average Bonchev–Trinajstić information content (AvgIpc) is 2.71. The maximum atomic E-state index is 12.9. The molecular formula is C21H18F3N3O4. The molecule has 0 radical (unpaired) electrons. The molecule has 10 heteroatoms. The van der Waals surface area contributed by atoms with E-state index < -0.39 is 35.9 Å². The van der Waals surface area contributed by atoms with E-state index in [4.69, 9.17) is 5.11 Å². The van der Waals surface area contributed by atoms with Crippen molar-refractivity contribution >= 4 is 23.9 Å². The highest BCUT2D eigenvalue weighted by Gasteiger charge is 2.32. The highest BCUT2D eigenvalue weighted by Crippen LogP contribution is 2.37. The molecule has 1 aliphatic rings. The molecule has 3 N–H and O–H groups in total. The maximum Gasteiger partial charge on any atom is 0.416 e. The highest BCUT2D eigenvalue weighted by molar-refractivity contribution is 6.01. The van der Waals surface area contributed by atoms with E-state index in [1.807, 2.05) is 0 Å². The van der Waals surface area contributed by atoms with Crippen LogP contribution in [0.1, 0.15) is 23.6 Å². The zero-order valence-electron chi connectivity index (χ0n) is 16.3. The second kappa shape index (κ2) is 8.50. The number of hydrazone groups is 1. The van der Waals surface area contributed by atoms with E-state index in [2.05, 4.69) is 10.4 Å². The van der Waals surface area contributed by atoms with Crippen LogP contribution in [0.25, 0.3) is 16.9 Å². The Morgan fingerprint density at radius 1 is 1.16 bits per heavy atom. The van der Waals surface area contributed by atoms with E-state index in [9.17, 15) is 27.9 Å². The monoisotopic (exact) mass is 433 g/mol. The van der Waals surface area contributed by atoms with Crippen molar-refractivity contribution in [1.82, 2.24) is 10.3 Å². The minimum absolute atomic E-state index is 0.0384.